The van der Waals surface area contributed by atoms with Gasteiger partial charge in [0, 0.05) is 31.9 Å². The lowest BCUT2D eigenvalue weighted by Crippen LogP contribution is -2.37. The maximum Gasteiger partial charge on any atom is 0.191 e. The third kappa shape index (κ3) is 4.92. The van der Waals surface area contributed by atoms with E-state index in [1.807, 2.05) is 47.4 Å². The van der Waals surface area contributed by atoms with Crippen LogP contribution in [0, 0.1) is 5.82 Å². The molecule has 0 aliphatic heterocycles. The Kier molecular flexibility index (Phi) is 5.98. The lowest BCUT2D eigenvalue weighted by Gasteiger charge is -2.11. The van der Waals surface area contributed by atoms with Gasteiger partial charge in [-0.3, -0.25) is 4.99 Å². The second-order valence-corrected chi connectivity index (χ2v) is 5.86. The Labute approximate surface area is 152 Å². The molecule has 0 saturated carbocycles. The third-order valence-electron chi connectivity index (χ3n) is 3.96. The van der Waals surface area contributed by atoms with Gasteiger partial charge in [0.05, 0.1) is 11.9 Å². The summed E-state index contributed by atoms with van der Waals surface area (Å²) in [4.78, 5) is 4.22. The summed E-state index contributed by atoms with van der Waals surface area (Å²) in [6.45, 7) is 1.34. The smallest absolute Gasteiger partial charge is 0.191 e. The molecule has 0 atom stereocenters. The van der Waals surface area contributed by atoms with Gasteiger partial charge in [-0.1, -0.05) is 30.3 Å². The van der Waals surface area contributed by atoms with Crippen LogP contribution in [0.25, 0.3) is 5.69 Å². The molecule has 0 saturated heterocycles. The highest BCUT2D eigenvalue weighted by atomic mass is 19.1. The van der Waals surface area contributed by atoms with Crippen LogP contribution in [0.1, 0.15) is 11.1 Å². The molecule has 0 radical (unpaired) electrons. The Bertz CT molecular complexity index is 840. The zero-order valence-corrected chi connectivity index (χ0v) is 14.7. The van der Waals surface area contributed by atoms with Crippen molar-refractivity contribution in [2.45, 2.75) is 13.0 Å². The number of rotatable bonds is 6. The van der Waals surface area contributed by atoms with Gasteiger partial charge in [0.1, 0.15) is 5.82 Å². The first kappa shape index (κ1) is 17.7. The summed E-state index contributed by atoms with van der Waals surface area (Å²) in [7, 11) is 1.74. The Morgan fingerprint density at radius 3 is 2.54 bits per heavy atom. The van der Waals surface area contributed by atoms with Gasteiger partial charge in [0.15, 0.2) is 5.96 Å². The molecule has 2 aromatic carbocycles. The molecule has 0 spiro atoms. The maximum atomic E-state index is 12.9. The topological polar surface area (TPSA) is 54.2 Å². The average molecular weight is 351 g/mol. The number of aromatic nitrogens is 2. The predicted octanol–water partition coefficient (Wildman–Crippen LogP) is 2.92. The van der Waals surface area contributed by atoms with Crippen molar-refractivity contribution in [1.29, 1.82) is 0 Å². The van der Waals surface area contributed by atoms with Crippen molar-refractivity contribution in [1.82, 2.24) is 20.4 Å². The maximum absolute atomic E-state index is 12.9. The predicted molar refractivity (Wildman–Crippen MR) is 102 cm³/mol. The fraction of sp³-hybridized carbons (Fsp3) is 0.200. The molecule has 0 bridgehead atoms. The van der Waals surface area contributed by atoms with E-state index in [1.54, 1.807) is 19.2 Å². The molecule has 0 aliphatic rings. The Balaban J connectivity index is 1.47. The quantitative estimate of drug-likeness (QED) is 0.530. The summed E-state index contributed by atoms with van der Waals surface area (Å²) in [5.41, 5.74) is 3.18. The van der Waals surface area contributed by atoms with E-state index in [-0.39, 0.29) is 5.82 Å². The first-order valence-electron chi connectivity index (χ1n) is 8.52. The monoisotopic (exact) mass is 351 g/mol. The Morgan fingerprint density at radius 1 is 1.04 bits per heavy atom. The van der Waals surface area contributed by atoms with Crippen molar-refractivity contribution in [2.24, 2.45) is 4.99 Å². The van der Waals surface area contributed by atoms with Gasteiger partial charge < -0.3 is 10.6 Å². The molecule has 0 aliphatic carbocycles. The van der Waals surface area contributed by atoms with Crippen LogP contribution in [-0.4, -0.2) is 29.3 Å². The molecular weight excluding hydrogens is 329 g/mol. The van der Waals surface area contributed by atoms with Crippen molar-refractivity contribution >= 4 is 5.96 Å². The number of nitrogens with zero attached hydrogens (tertiary/aromatic N) is 3. The van der Waals surface area contributed by atoms with Gasteiger partial charge in [-0.25, -0.2) is 9.07 Å². The summed E-state index contributed by atoms with van der Waals surface area (Å²) < 4.78 is 14.8. The minimum absolute atomic E-state index is 0.213. The van der Waals surface area contributed by atoms with Crippen molar-refractivity contribution in [3.63, 3.8) is 0 Å². The normalized spacial score (nSPS) is 11.4. The molecule has 1 aromatic heterocycles. The highest BCUT2D eigenvalue weighted by molar-refractivity contribution is 5.79. The van der Waals surface area contributed by atoms with Crippen LogP contribution >= 0.6 is 0 Å². The highest BCUT2D eigenvalue weighted by Gasteiger charge is 2.03. The largest absolute Gasteiger partial charge is 0.356 e. The van der Waals surface area contributed by atoms with Gasteiger partial charge in [0.25, 0.3) is 0 Å². The fourth-order valence-electron chi connectivity index (χ4n) is 2.56. The van der Waals surface area contributed by atoms with Crippen LogP contribution in [0.3, 0.4) is 0 Å². The average Bonchev–Trinajstić information content (AvgIpc) is 3.16. The number of hydrogen-bond donors (Lipinski definition) is 2. The fourth-order valence-corrected chi connectivity index (χ4v) is 2.56. The molecule has 3 rings (SSSR count). The molecular formula is C20H22FN5. The zero-order chi connectivity index (χ0) is 18.2. The number of para-hydroxylation sites is 1. The van der Waals surface area contributed by atoms with Gasteiger partial charge >= 0.3 is 0 Å². The molecule has 2 N–H and O–H groups in total. The lowest BCUT2D eigenvalue weighted by molar-refractivity contribution is 0.626. The molecule has 3 aromatic rings. The zero-order valence-electron chi connectivity index (χ0n) is 14.7. The van der Waals surface area contributed by atoms with Gasteiger partial charge in [-0.05, 0) is 36.2 Å². The van der Waals surface area contributed by atoms with Gasteiger partial charge in [-0.2, -0.15) is 5.10 Å². The summed E-state index contributed by atoms with van der Waals surface area (Å²) in [5, 5.41) is 10.9. The van der Waals surface area contributed by atoms with Crippen LogP contribution in [0.2, 0.25) is 0 Å². The van der Waals surface area contributed by atoms with E-state index in [0.717, 1.165) is 29.2 Å². The van der Waals surface area contributed by atoms with Crippen molar-refractivity contribution < 1.29 is 4.39 Å². The number of nitrogens with one attached hydrogen (secondary N) is 2. The van der Waals surface area contributed by atoms with E-state index in [9.17, 15) is 4.39 Å². The van der Waals surface area contributed by atoms with Gasteiger partial charge in [-0.15, -0.1) is 0 Å². The van der Waals surface area contributed by atoms with E-state index in [4.69, 9.17) is 0 Å². The molecule has 0 amide bonds. The third-order valence-corrected chi connectivity index (χ3v) is 3.96. The van der Waals surface area contributed by atoms with E-state index < -0.39 is 0 Å². The van der Waals surface area contributed by atoms with Crippen LogP contribution in [0.5, 0.6) is 0 Å². The number of hydrogen-bond acceptors (Lipinski definition) is 2. The van der Waals surface area contributed by atoms with Crippen LogP contribution in [0.15, 0.2) is 72.0 Å². The van der Waals surface area contributed by atoms with Gasteiger partial charge in [0.2, 0.25) is 0 Å². The molecule has 134 valence electrons. The molecule has 6 heteroatoms. The van der Waals surface area contributed by atoms with Crippen LogP contribution < -0.4 is 10.6 Å². The molecule has 0 unspecified atom stereocenters. The van der Waals surface area contributed by atoms with Crippen molar-refractivity contribution in [3.8, 4) is 5.69 Å². The molecule has 0 fully saturated rings. The lowest BCUT2D eigenvalue weighted by atomic mass is 10.1. The van der Waals surface area contributed by atoms with Crippen molar-refractivity contribution in [2.75, 3.05) is 13.6 Å². The first-order chi connectivity index (χ1) is 12.7. The standard InChI is InChI=1S/C20H22FN5/c1-22-20(23-12-11-16-7-9-18(21)10-8-16)24-13-17-14-25-26(15-17)19-5-3-2-4-6-19/h2-10,14-15H,11-13H2,1H3,(H2,22,23,24). The van der Waals surface area contributed by atoms with Crippen LogP contribution in [0.4, 0.5) is 4.39 Å². The Morgan fingerprint density at radius 2 is 1.81 bits per heavy atom. The number of halogens is 1. The summed E-state index contributed by atoms with van der Waals surface area (Å²) >= 11 is 0. The second kappa shape index (κ2) is 8.80. The number of aliphatic imine (C=N–C) groups is 1. The highest BCUT2D eigenvalue weighted by Crippen LogP contribution is 2.07. The minimum atomic E-state index is -0.213. The molecule has 5 nitrogen and oxygen atoms in total. The second-order valence-electron chi connectivity index (χ2n) is 5.86. The molecule has 26 heavy (non-hydrogen) atoms. The number of benzene rings is 2. The Hall–Kier alpha value is -3.15. The van der Waals surface area contributed by atoms with E-state index in [0.29, 0.717) is 13.1 Å². The summed E-state index contributed by atoms with van der Waals surface area (Å²) in [6.07, 6.45) is 4.63. The first-order valence-corrected chi connectivity index (χ1v) is 8.52. The van der Waals surface area contributed by atoms with E-state index in [1.165, 1.54) is 12.1 Å². The van der Waals surface area contributed by atoms with E-state index >= 15 is 0 Å². The SMILES string of the molecule is CN=C(NCCc1ccc(F)cc1)NCc1cnn(-c2ccccc2)c1. The molecule has 1 heterocycles. The van der Waals surface area contributed by atoms with Crippen LogP contribution in [-0.2, 0) is 13.0 Å². The van der Waals surface area contributed by atoms with E-state index in [2.05, 4.69) is 20.7 Å². The number of guanidine groups is 1. The summed E-state index contributed by atoms with van der Waals surface area (Å²) in [5.74, 6) is 0.509. The van der Waals surface area contributed by atoms with Crippen molar-refractivity contribution in [3.05, 3.63) is 83.9 Å². The summed E-state index contributed by atoms with van der Waals surface area (Å²) in [6, 6.07) is 16.5. The minimum Gasteiger partial charge on any atom is -0.356 e.